The van der Waals surface area contributed by atoms with Crippen molar-refractivity contribution in [1.82, 2.24) is 14.9 Å². The number of nitrogens with zero attached hydrogens (tertiary/aromatic N) is 2. The highest BCUT2D eigenvalue weighted by Gasteiger charge is 2.12. The van der Waals surface area contributed by atoms with E-state index in [1.54, 1.807) is 12.1 Å². The van der Waals surface area contributed by atoms with E-state index >= 15 is 0 Å². The summed E-state index contributed by atoms with van der Waals surface area (Å²) in [6.07, 6.45) is 2.28. The standard InChI is InChI=1S/C18H20N4O3/c1-2-22-14-8-4-3-7-13(14)20-18(22)21-16(23)10-5-11-19-17(24)15-9-6-12-25-15/h3-4,6-9,12H,2,5,10-11H2,1H3,(H,19,24)(H,20,21,23). The normalized spacial score (nSPS) is 10.8. The van der Waals surface area contributed by atoms with Crippen LogP contribution in [0, 0.1) is 0 Å². The SMILES string of the molecule is CCn1c(NC(=O)CCCNC(=O)c2ccco2)nc2ccccc21. The minimum Gasteiger partial charge on any atom is -0.459 e. The Morgan fingerprint density at radius 3 is 2.80 bits per heavy atom. The number of aryl methyl sites for hydroxylation is 1. The molecule has 0 aliphatic heterocycles. The summed E-state index contributed by atoms with van der Waals surface area (Å²) in [4.78, 5) is 28.3. The minimum absolute atomic E-state index is 0.128. The second-order valence-electron chi connectivity index (χ2n) is 5.55. The van der Waals surface area contributed by atoms with Gasteiger partial charge in [-0.25, -0.2) is 4.98 Å². The average molecular weight is 340 g/mol. The van der Waals surface area contributed by atoms with Crippen LogP contribution in [0.3, 0.4) is 0 Å². The predicted molar refractivity (Wildman–Crippen MR) is 94.3 cm³/mol. The van der Waals surface area contributed by atoms with Crippen LogP contribution in [0.15, 0.2) is 47.1 Å². The van der Waals surface area contributed by atoms with Gasteiger partial charge in [-0.1, -0.05) is 12.1 Å². The largest absolute Gasteiger partial charge is 0.459 e. The lowest BCUT2D eigenvalue weighted by Gasteiger charge is -2.08. The quantitative estimate of drug-likeness (QED) is 0.647. The molecule has 0 bridgehead atoms. The number of benzene rings is 1. The van der Waals surface area contributed by atoms with E-state index in [9.17, 15) is 9.59 Å². The molecule has 0 unspecified atom stereocenters. The van der Waals surface area contributed by atoms with Crippen molar-refractivity contribution in [2.75, 3.05) is 11.9 Å². The topological polar surface area (TPSA) is 89.2 Å². The van der Waals surface area contributed by atoms with Crippen molar-refractivity contribution >= 4 is 28.8 Å². The molecule has 2 amide bonds. The van der Waals surface area contributed by atoms with Crippen LogP contribution in [0.25, 0.3) is 11.0 Å². The Balaban J connectivity index is 1.50. The molecule has 3 rings (SSSR count). The molecule has 3 aromatic rings. The summed E-state index contributed by atoms with van der Waals surface area (Å²) in [7, 11) is 0. The molecule has 0 aliphatic carbocycles. The lowest BCUT2D eigenvalue weighted by atomic mass is 10.3. The van der Waals surface area contributed by atoms with E-state index in [2.05, 4.69) is 15.6 Å². The smallest absolute Gasteiger partial charge is 0.286 e. The Kier molecular flexibility index (Phi) is 5.13. The molecule has 0 spiro atoms. The van der Waals surface area contributed by atoms with Crippen LogP contribution < -0.4 is 10.6 Å². The summed E-state index contributed by atoms with van der Waals surface area (Å²) in [6, 6.07) is 11.0. The maximum Gasteiger partial charge on any atom is 0.286 e. The number of para-hydroxylation sites is 2. The summed E-state index contributed by atoms with van der Waals surface area (Å²) in [5.74, 6) is 0.407. The van der Waals surface area contributed by atoms with Gasteiger partial charge in [0.15, 0.2) is 5.76 Å². The molecule has 2 N–H and O–H groups in total. The molecule has 0 aliphatic rings. The lowest BCUT2D eigenvalue weighted by Crippen LogP contribution is -2.25. The van der Waals surface area contributed by atoms with Crippen LogP contribution in [0.1, 0.15) is 30.3 Å². The molecule has 2 aromatic heterocycles. The van der Waals surface area contributed by atoms with Gasteiger partial charge in [-0.3, -0.25) is 14.9 Å². The number of nitrogens with one attached hydrogen (secondary N) is 2. The number of anilines is 1. The third kappa shape index (κ3) is 3.88. The van der Waals surface area contributed by atoms with Gasteiger partial charge >= 0.3 is 0 Å². The third-order valence-corrected chi connectivity index (χ3v) is 3.83. The fraction of sp³-hybridized carbons (Fsp3) is 0.278. The van der Waals surface area contributed by atoms with E-state index in [0.717, 1.165) is 17.6 Å². The number of furan rings is 1. The number of hydrogen-bond donors (Lipinski definition) is 2. The Bertz CT molecular complexity index is 868. The van der Waals surface area contributed by atoms with Crippen LogP contribution in [0.4, 0.5) is 5.95 Å². The second-order valence-corrected chi connectivity index (χ2v) is 5.55. The van der Waals surface area contributed by atoms with Gasteiger partial charge in [0.1, 0.15) is 0 Å². The van der Waals surface area contributed by atoms with E-state index in [0.29, 0.717) is 25.3 Å². The van der Waals surface area contributed by atoms with Crippen LogP contribution in [-0.2, 0) is 11.3 Å². The highest BCUT2D eigenvalue weighted by molar-refractivity contribution is 5.92. The number of amides is 2. The number of hydrogen-bond acceptors (Lipinski definition) is 4. The minimum atomic E-state index is -0.279. The Morgan fingerprint density at radius 1 is 1.20 bits per heavy atom. The zero-order chi connectivity index (χ0) is 17.6. The average Bonchev–Trinajstić information content (AvgIpc) is 3.25. The van der Waals surface area contributed by atoms with Gasteiger partial charge in [-0.2, -0.15) is 0 Å². The van der Waals surface area contributed by atoms with Crippen molar-refractivity contribution in [2.24, 2.45) is 0 Å². The zero-order valence-corrected chi connectivity index (χ0v) is 14.0. The molecule has 1 aromatic carbocycles. The second kappa shape index (κ2) is 7.65. The van der Waals surface area contributed by atoms with Gasteiger partial charge in [0.05, 0.1) is 17.3 Å². The summed E-state index contributed by atoms with van der Waals surface area (Å²) in [5, 5.41) is 5.56. The van der Waals surface area contributed by atoms with Crippen molar-refractivity contribution in [3.8, 4) is 0 Å². The van der Waals surface area contributed by atoms with Gasteiger partial charge in [0.25, 0.3) is 5.91 Å². The number of fused-ring (bicyclic) bond motifs is 1. The third-order valence-electron chi connectivity index (χ3n) is 3.83. The van der Waals surface area contributed by atoms with Crippen molar-refractivity contribution in [2.45, 2.75) is 26.3 Å². The lowest BCUT2D eigenvalue weighted by molar-refractivity contribution is -0.116. The zero-order valence-electron chi connectivity index (χ0n) is 14.0. The molecule has 0 fully saturated rings. The van der Waals surface area contributed by atoms with Crippen LogP contribution in [0.2, 0.25) is 0 Å². The Labute approximate surface area is 145 Å². The highest BCUT2D eigenvalue weighted by Crippen LogP contribution is 2.19. The summed E-state index contributed by atoms with van der Waals surface area (Å²) in [5.41, 5.74) is 1.84. The van der Waals surface area contributed by atoms with Gasteiger partial charge in [0.2, 0.25) is 11.9 Å². The highest BCUT2D eigenvalue weighted by atomic mass is 16.3. The fourth-order valence-corrected chi connectivity index (χ4v) is 2.62. The molecule has 2 heterocycles. The van der Waals surface area contributed by atoms with Gasteiger partial charge in [-0.15, -0.1) is 0 Å². The Hall–Kier alpha value is -3.09. The maximum atomic E-state index is 12.1. The van der Waals surface area contributed by atoms with E-state index in [1.807, 2.05) is 35.8 Å². The van der Waals surface area contributed by atoms with E-state index < -0.39 is 0 Å². The van der Waals surface area contributed by atoms with Crippen LogP contribution in [0.5, 0.6) is 0 Å². The monoisotopic (exact) mass is 340 g/mol. The summed E-state index contributed by atoms with van der Waals surface area (Å²) < 4.78 is 6.97. The van der Waals surface area contributed by atoms with Crippen molar-refractivity contribution < 1.29 is 14.0 Å². The number of carbonyl (C=O) groups excluding carboxylic acids is 2. The maximum absolute atomic E-state index is 12.1. The first-order valence-electron chi connectivity index (χ1n) is 8.26. The van der Waals surface area contributed by atoms with Gasteiger partial charge in [0, 0.05) is 19.5 Å². The van der Waals surface area contributed by atoms with E-state index in [4.69, 9.17) is 4.42 Å². The molecule has 25 heavy (non-hydrogen) atoms. The number of aromatic nitrogens is 2. The molecule has 0 saturated heterocycles. The van der Waals surface area contributed by atoms with Gasteiger partial charge < -0.3 is 14.3 Å². The Morgan fingerprint density at radius 2 is 2.04 bits per heavy atom. The molecule has 0 saturated carbocycles. The van der Waals surface area contributed by atoms with E-state index in [-0.39, 0.29) is 17.6 Å². The van der Waals surface area contributed by atoms with Crippen molar-refractivity contribution in [1.29, 1.82) is 0 Å². The first kappa shape index (κ1) is 16.8. The van der Waals surface area contributed by atoms with Crippen molar-refractivity contribution in [3.63, 3.8) is 0 Å². The first-order chi connectivity index (χ1) is 12.2. The first-order valence-corrected chi connectivity index (χ1v) is 8.26. The molecule has 130 valence electrons. The molecule has 0 atom stereocenters. The van der Waals surface area contributed by atoms with Gasteiger partial charge in [-0.05, 0) is 37.6 Å². The predicted octanol–water partition coefficient (Wildman–Crippen LogP) is 2.80. The van der Waals surface area contributed by atoms with Crippen LogP contribution in [-0.4, -0.2) is 27.9 Å². The number of carbonyl (C=O) groups is 2. The molecular formula is C18H20N4O3. The number of imidazole rings is 1. The molecular weight excluding hydrogens is 320 g/mol. The number of rotatable bonds is 7. The summed E-state index contributed by atoms with van der Waals surface area (Å²) >= 11 is 0. The van der Waals surface area contributed by atoms with Crippen molar-refractivity contribution in [3.05, 3.63) is 48.4 Å². The summed E-state index contributed by atoms with van der Waals surface area (Å²) in [6.45, 7) is 3.13. The molecule has 0 radical (unpaired) electrons. The van der Waals surface area contributed by atoms with Crippen LogP contribution >= 0.6 is 0 Å². The molecule has 7 heteroatoms. The van der Waals surface area contributed by atoms with E-state index in [1.165, 1.54) is 6.26 Å². The molecule has 7 nitrogen and oxygen atoms in total. The fourth-order valence-electron chi connectivity index (χ4n) is 2.62.